The largest absolute Gasteiger partial charge is 3.00 e. The van der Waals surface area contributed by atoms with Gasteiger partial charge in [0.05, 0.1) is 0 Å². The van der Waals surface area contributed by atoms with Crippen LogP contribution in [0.15, 0.2) is 84.9 Å². The molecule has 1 saturated carbocycles. The minimum atomic E-state index is 0. The van der Waals surface area contributed by atoms with Crippen LogP contribution in [0.25, 0.3) is 0 Å². The molecule has 0 heterocycles. The molecule has 1 N–H and O–H groups in total. The van der Waals surface area contributed by atoms with Crippen LogP contribution in [0.2, 0.25) is 0 Å². The third-order valence-electron chi connectivity index (χ3n) is 6.60. The zero-order valence-electron chi connectivity index (χ0n) is 20.3. The van der Waals surface area contributed by atoms with E-state index in [2.05, 4.69) is 47.6 Å². The average molecular weight is 464 g/mol. The van der Waals surface area contributed by atoms with Crippen molar-refractivity contribution in [3.05, 3.63) is 123 Å². The van der Waals surface area contributed by atoms with Crippen molar-refractivity contribution in [2.75, 3.05) is 0 Å². The van der Waals surface area contributed by atoms with Gasteiger partial charge in [-0.1, -0.05) is 58.0 Å². The minimum Gasteiger partial charge on any atom is -0.508 e. The van der Waals surface area contributed by atoms with Crippen molar-refractivity contribution in [1.82, 2.24) is 0 Å². The van der Waals surface area contributed by atoms with E-state index in [1.165, 1.54) is 0 Å². The van der Waals surface area contributed by atoms with Gasteiger partial charge in [0.15, 0.2) is 0 Å². The Morgan fingerprint density at radius 1 is 0.562 bits per heavy atom. The smallest absolute Gasteiger partial charge is 0.508 e. The van der Waals surface area contributed by atoms with E-state index >= 15 is 0 Å². The van der Waals surface area contributed by atoms with Gasteiger partial charge >= 0.3 is 21.7 Å². The Bertz CT molecular complexity index is 811. The van der Waals surface area contributed by atoms with Crippen molar-refractivity contribution in [2.24, 2.45) is 23.7 Å². The fourth-order valence-electron chi connectivity index (χ4n) is 4.38. The van der Waals surface area contributed by atoms with Crippen LogP contribution in [0.4, 0.5) is 0 Å². The molecule has 4 unspecified atom stereocenters. The zero-order valence-corrected chi connectivity index (χ0v) is 21.9. The first-order chi connectivity index (χ1) is 14.3. The Morgan fingerprint density at radius 2 is 0.906 bits per heavy atom. The fraction of sp³-hybridized carbons (Fsp3) is 0.300. The van der Waals surface area contributed by atoms with Gasteiger partial charge in [0.1, 0.15) is 5.75 Å². The van der Waals surface area contributed by atoms with E-state index in [1.54, 1.807) is 0 Å². The topological polar surface area (TPSA) is 20.2 Å². The first-order valence-corrected chi connectivity index (χ1v) is 10.8. The molecule has 3 aromatic rings. The Balaban J connectivity index is 0.000000503. The maximum Gasteiger partial charge on any atom is 3.00 e. The van der Waals surface area contributed by atoms with Crippen LogP contribution >= 0.6 is 0 Å². The van der Waals surface area contributed by atoms with E-state index in [-0.39, 0.29) is 29.1 Å². The van der Waals surface area contributed by atoms with Crippen LogP contribution in [-0.4, -0.2) is 5.11 Å². The molecule has 0 amide bonds. The summed E-state index contributed by atoms with van der Waals surface area (Å²) in [6.45, 7) is 16.8. The third kappa shape index (κ3) is 8.45. The molecule has 0 bridgehead atoms. The van der Waals surface area contributed by atoms with Gasteiger partial charge in [-0.25, -0.2) is 0 Å². The summed E-state index contributed by atoms with van der Waals surface area (Å²) in [4.78, 5) is 0. The number of rotatable bonds is 1. The Morgan fingerprint density at radius 3 is 1.22 bits per heavy atom. The summed E-state index contributed by atoms with van der Waals surface area (Å²) in [7, 11) is 0. The summed E-state index contributed by atoms with van der Waals surface area (Å²) in [6, 6.07) is 27.6. The molecule has 1 fully saturated rings. The van der Waals surface area contributed by atoms with Gasteiger partial charge in [-0.15, -0.1) is 24.3 Å². The van der Waals surface area contributed by atoms with E-state index in [1.807, 2.05) is 78.9 Å². The van der Waals surface area contributed by atoms with Crippen LogP contribution in [0.1, 0.15) is 50.3 Å². The average Bonchev–Trinajstić information content (AvgIpc) is 2.94. The summed E-state index contributed by atoms with van der Waals surface area (Å²) in [5.41, 5.74) is 3.28. The van der Waals surface area contributed by atoms with Gasteiger partial charge in [-0.3, -0.25) is 0 Å². The van der Waals surface area contributed by atoms with Gasteiger partial charge < -0.3 is 12.5 Å². The van der Waals surface area contributed by atoms with Crippen LogP contribution in [-0.2, 0) is 21.7 Å². The van der Waals surface area contributed by atoms with E-state index in [4.69, 9.17) is 0 Å². The number of aromatic hydroxyl groups is 1. The Labute approximate surface area is 212 Å². The minimum absolute atomic E-state index is 0. The van der Waals surface area contributed by atoms with Crippen molar-refractivity contribution >= 4 is 0 Å². The van der Waals surface area contributed by atoms with Gasteiger partial charge in [0.2, 0.25) is 0 Å². The summed E-state index contributed by atoms with van der Waals surface area (Å²) in [5, 5.41) is 9.98. The number of benzene rings is 3. The van der Waals surface area contributed by atoms with Crippen LogP contribution in [0, 0.1) is 44.9 Å². The number of para-hydroxylation sites is 1. The number of hydrogen-bond donors (Lipinski definition) is 1. The molecular formula is C30H39OTi. The molecule has 169 valence electrons. The molecule has 1 aliphatic rings. The van der Waals surface area contributed by atoms with Crippen LogP contribution in [0.5, 0.6) is 5.75 Å². The van der Waals surface area contributed by atoms with Crippen LogP contribution < -0.4 is 0 Å². The second-order valence-corrected chi connectivity index (χ2v) is 8.49. The molecule has 32 heavy (non-hydrogen) atoms. The normalized spacial score (nSPS) is 23.2. The molecule has 4 atom stereocenters. The standard InChI is InChI=1S/C15H22O.2C7H7.CH3.Ti/c1-9-10(2)12(4)15(11(9)3)13-7-5-6-8-14(13)16;2*1-7-5-3-2-4-6-7;;/h5-12,15-16H,1-4H3;2*2-6H,1H2;1H3;/q;3*-1;+3. The second-order valence-electron chi connectivity index (χ2n) is 8.49. The first kappa shape index (κ1) is 29.9. The van der Waals surface area contributed by atoms with E-state index in [0.717, 1.165) is 28.5 Å². The molecular weight excluding hydrogens is 424 g/mol. The second kappa shape index (κ2) is 14.9. The SMILES string of the molecule is CC1C(C)C(C)C(c2ccccc2O)C1C.[CH2-]c1ccccc1.[CH2-]c1ccccc1.[CH3-].[Ti+3]. The van der Waals surface area contributed by atoms with Crippen LogP contribution in [0.3, 0.4) is 0 Å². The fourth-order valence-corrected chi connectivity index (χ4v) is 4.38. The third-order valence-corrected chi connectivity index (χ3v) is 6.60. The van der Waals surface area contributed by atoms with Crippen molar-refractivity contribution in [3.63, 3.8) is 0 Å². The van der Waals surface area contributed by atoms with Gasteiger partial charge in [0.25, 0.3) is 0 Å². The van der Waals surface area contributed by atoms with Gasteiger partial charge in [-0.05, 0) is 41.2 Å². The molecule has 0 saturated heterocycles. The zero-order chi connectivity index (χ0) is 22.1. The summed E-state index contributed by atoms with van der Waals surface area (Å²) in [5.74, 6) is 3.74. The predicted octanol–water partition coefficient (Wildman–Crippen LogP) is 8.22. The first-order valence-electron chi connectivity index (χ1n) is 10.8. The molecule has 1 aliphatic carbocycles. The quantitative estimate of drug-likeness (QED) is 0.285. The number of phenols is 1. The summed E-state index contributed by atoms with van der Waals surface area (Å²) < 4.78 is 0. The number of phenolic OH excluding ortho intramolecular Hbond substituents is 1. The van der Waals surface area contributed by atoms with Crippen molar-refractivity contribution in [2.45, 2.75) is 33.6 Å². The van der Waals surface area contributed by atoms with Gasteiger partial charge in [-0.2, -0.15) is 49.2 Å². The molecule has 1 nitrogen and oxygen atoms in total. The van der Waals surface area contributed by atoms with Crippen molar-refractivity contribution < 1.29 is 26.8 Å². The van der Waals surface area contributed by atoms with Gasteiger partial charge in [0, 0.05) is 0 Å². The number of hydrogen-bond acceptors (Lipinski definition) is 1. The molecule has 1 radical (unpaired) electrons. The molecule has 0 aliphatic heterocycles. The summed E-state index contributed by atoms with van der Waals surface area (Å²) in [6.07, 6.45) is 0. The van der Waals surface area contributed by atoms with E-state index in [0.29, 0.717) is 23.5 Å². The van der Waals surface area contributed by atoms with Crippen molar-refractivity contribution in [1.29, 1.82) is 0 Å². The monoisotopic (exact) mass is 463 g/mol. The Kier molecular flexibility index (Phi) is 13.9. The molecule has 0 aromatic heterocycles. The molecule has 0 spiro atoms. The predicted molar refractivity (Wildman–Crippen MR) is 136 cm³/mol. The maximum absolute atomic E-state index is 9.98. The Hall–Kier alpha value is -2.09. The molecule has 3 aromatic carbocycles. The van der Waals surface area contributed by atoms with E-state index in [9.17, 15) is 5.11 Å². The molecule has 2 heteroatoms. The van der Waals surface area contributed by atoms with E-state index < -0.39 is 0 Å². The molecule has 4 rings (SSSR count). The maximum atomic E-state index is 9.98. The summed E-state index contributed by atoms with van der Waals surface area (Å²) >= 11 is 0. The van der Waals surface area contributed by atoms with Crippen molar-refractivity contribution in [3.8, 4) is 5.75 Å².